The summed E-state index contributed by atoms with van der Waals surface area (Å²) >= 11 is 5.77. The van der Waals surface area contributed by atoms with E-state index < -0.39 is 30.0 Å². The molecule has 0 fully saturated rings. The molecule has 2 aromatic rings. The first-order chi connectivity index (χ1) is 12.4. The summed E-state index contributed by atoms with van der Waals surface area (Å²) in [5.74, 6) is -0.909. The average molecular weight is 379 g/mol. The highest BCUT2D eigenvalue weighted by Gasteiger charge is 2.10. The van der Waals surface area contributed by atoms with Gasteiger partial charge < -0.3 is 14.8 Å². The Hall–Kier alpha value is -3.13. The van der Waals surface area contributed by atoms with E-state index in [-0.39, 0.29) is 18.0 Å². The summed E-state index contributed by atoms with van der Waals surface area (Å²) in [4.78, 5) is 33.2. The van der Waals surface area contributed by atoms with Crippen LogP contribution in [0.3, 0.4) is 0 Å². The third-order valence-electron chi connectivity index (χ3n) is 3.17. The van der Waals surface area contributed by atoms with Gasteiger partial charge in [0.15, 0.2) is 13.2 Å². The molecule has 0 aliphatic heterocycles. The van der Waals surface area contributed by atoms with Gasteiger partial charge in [-0.15, -0.1) is 0 Å². The van der Waals surface area contributed by atoms with Crippen LogP contribution in [0.15, 0.2) is 48.5 Å². The van der Waals surface area contributed by atoms with Crippen LogP contribution in [0.2, 0.25) is 5.02 Å². The zero-order valence-corrected chi connectivity index (χ0v) is 14.3. The molecule has 0 bridgehead atoms. The Labute approximate surface area is 153 Å². The lowest BCUT2D eigenvalue weighted by Gasteiger charge is -2.08. The highest BCUT2D eigenvalue weighted by molar-refractivity contribution is 6.30. The molecule has 0 atom stereocenters. The van der Waals surface area contributed by atoms with Gasteiger partial charge in [0, 0.05) is 23.7 Å². The highest BCUT2D eigenvalue weighted by atomic mass is 35.5. The Morgan fingerprint density at radius 1 is 1.04 bits per heavy atom. The van der Waals surface area contributed by atoms with Gasteiger partial charge in [0.25, 0.3) is 11.6 Å². The average Bonchev–Trinajstić information content (AvgIpc) is 2.64. The third-order valence-corrected chi connectivity index (χ3v) is 3.42. The molecule has 0 spiro atoms. The van der Waals surface area contributed by atoms with E-state index in [1.54, 1.807) is 24.3 Å². The molecule has 2 aromatic carbocycles. The predicted molar refractivity (Wildman–Crippen MR) is 92.8 cm³/mol. The first-order valence-electron chi connectivity index (χ1n) is 7.48. The lowest BCUT2D eigenvalue weighted by Crippen LogP contribution is -2.29. The van der Waals surface area contributed by atoms with Crippen molar-refractivity contribution in [3.63, 3.8) is 0 Å². The van der Waals surface area contributed by atoms with Gasteiger partial charge in [-0.25, -0.2) is 4.79 Å². The number of halogens is 1. The molecule has 0 aliphatic rings. The predicted octanol–water partition coefficient (Wildman–Crippen LogP) is 2.49. The number of nitrogens with one attached hydrogen (secondary N) is 1. The number of hydrogen-bond donors (Lipinski definition) is 1. The van der Waals surface area contributed by atoms with E-state index in [0.29, 0.717) is 5.02 Å². The Kier molecular flexibility index (Phi) is 6.92. The number of benzene rings is 2. The Balaban J connectivity index is 1.66. The van der Waals surface area contributed by atoms with E-state index in [2.05, 4.69) is 5.32 Å². The van der Waals surface area contributed by atoms with Crippen LogP contribution in [-0.4, -0.2) is 30.0 Å². The topological polar surface area (TPSA) is 108 Å². The van der Waals surface area contributed by atoms with Gasteiger partial charge in [-0.2, -0.15) is 0 Å². The molecule has 0 heterocycles. The molecule has 1 amide bonds. The minimum atomic E-state index is -0.731. The Morgan fingerprint density at radius 3 is 2.31 bits per heavy atom. The highest BCUT2D eigenvalue weighted by Crippen LogP contribution is 2.17. The number of nitro groups is 1. The zero-order valence-electron chi connectivity index (χ0n) is 13.5. The van der Waals surface area contributed by atoms with Gasteiger partial charge in [0.1, 0.15) is 5.75 Å². The maximum atomic E-state index is 11.6. The first-order valence-corrected chi connectivity index (χ1v) is 7.86. The summed E-state index contributed by atoms with van der Waals surface area (Å²) < 4.78 is 9.92. The van der Waals surface area contributed by atoms with Crippen LogP contribution in [0.5, 0.6) is 5.75 Å². The molecule has 2 rings (SSSR count). The largest absolute Gasteiger partial charge is 0.482 e. The van der Waals surface area contributed by atoms with E-state index in [4.69, 9.17) is 21.1 Å². The van der Waals surface area contributed by atoms with Gasteiger partial charge in [0.2, 0.25) is 0 Å². The van der Waals surface area contributed by atoms with Crippen LogP contribution < -0.4 is 10.1 Å². The van der Waals surface area contributed by atoms with Crippen molar-refractivity contribution in [3.05, 3.63) is 69.2 Å². The minimum Gasteiger partial charge on any atom is -0.482 e. The van der Waals surface area contributed by atoms with Gasteiger partial charge in [-0.3, -0.25) is 14.9 Å². The number of amides is 1. The molecule has 0 unspecified atom stereocenters. The second kappa shape index (κ2) is 9.38. The molecule has 0 saturated carbocycles. The third kappa shape index (κ3) is 6.40. The summed E-state index contributed by atoms with van der Waals surface area (Å²) in [6, 6.07) is 12.2. The monoisotopic (exact) mass is 378 g/mol. The number of hydrogen-bond acceptors (Lipinski definition) is 6. The van der Waals surface area contributed by atoms with E-state index in [1.165, 1.54) is 24.3 Å². The lowest BCUT2D eigenvalue weighted by atomic mass is 10.2. The molecule has 9 heteroatoms. The second-order valence-corrected chi connectivity index (χ2v) is 5.54. The van der Waals surface area contributed by atoms with Crippen LogP contribution in [0.4, 0.5) is 5.69 Å². The number of nitro benzene ring substituents is 1. The fourth-order valence-corrected chi connectivity index (χ4v) is 1.97. The molecule has 0 radical (unpaired) electrons. The molecular weight excluding hydrogens is 364 g/mol. The fourth-order valence-electron chi connectivity index (χ4n) is 1.85. The van der Waals surface area contributed by atoms with Gasteiger partial charge in [-0.05, 0) is 29.8 Å². The van der Waals surface area contributed by atoms with E-state index in [0.717, 1.165) is 5.56 Å². The van der Waals surface area contributed by atoms with Crippen LogP contribution in [0.25, 0.3) is 0 Å². The number of esters is 1. The maximum Gasteiger partial charge on any atom is 0.344 e. The molecule has 26 heavy (non-hydrogen) atoms. The van der Waals surface area contributed by atoms with Crippen LogP contribution >= 0.6 is 11.6 Å². The van der Waals surface area contributed by atoms with Crippen molar-refractivity contribution >= 4 is 29.2 Å². The number of nitrogens with zero attached hydrogens (tertiary/aromatic N) is 1. The van der Waals surface area contributed by atoms with Gasteiger partial charge >= 0.3 is 5.97 Å². The molecule has 0 aliphatic carbocycles. The number of non-ortho nitro benzene ring substituents is 1. The van der Waals surface area contributed by atoms with E-state index in [9.17, 15) is 19.7 Å². The number of carbonyl (C=O) groups excluding carboxylic acids is 2. The molecule has 0 saturated heterocycles. The number of carbonyl (C=O) groups is 2. The Bertz CT molecular complexity index is 777. The Morgan fingerprint density at radius 2 is 1.69 bits per heavy atom. The molecule has 1 N–H and O–H groups in total. The molecule has 8 nitrogen and oxygen atoms in total. The summed E-state index contributed by atoms with van der Waals surface area (Å²) in [7, 11) is 0. The summed E-state index contributed by atoms with van der Waals surface area (Å²) in [6.45, 7) is -0.564. The normalized spacial score (nSPS) is 10.0. The summed E-state index contributed by atoms with van der Waals surface area (Å²) in [5, 5.41) is 13.7. The zero-order chi connectivity index (χ0) is 18.9. The van der Waals surface area contributed by atoms with Crippen LogP contribution in [0.1, 0.15) is 5.56 Å². The van der Waals surface area contributed by atoms with Crippen LogP contribution in [-0.2, 0) is 20.9 Å². The van der Waals surface area contributed by atoms with Crippen molar-refractivity contribution in [1.29, 1.82) is 0 Å². The summed E-state index contributed by atoms with van der Waals surface area (Å²) in [5.41, 5.74) is 0.771. The number of ether oxygens (including phenoxy) is 2. The van der Waals surface area contributed by atoms with Crippen molar-refractivity contribution in [2.75, 3.05) is 13.2 Å². The molecule has 136 valence electrons. The SMILES string of the molecule is O=C(COC(=O)COc1ccc([N+](=O)[O-])cc1)NCc1ccc(Cl)cc1. The standard InChI is InChI=1S/C17H15ClN2O6/c18-13-3-1-12(2-4-13)9-19-16(21)10-26-17(22)11-25-15-7-5-14(6-8-15)20(23)24/h1-8H,9-11H2,(H,19,21). The lowest BCUT2D eigenvalue weighted by molar-refractivity contribution is -0.384. The van der Waals surface area contributed by atoms with Crippen molar-refractivity contribution in [1.82, 2.24) is 5.32 Å². The minimum absolute atomic E-state index is 0.0858. The molecular formula is C17H15ClN2O6. The van der Waals surface area contributed by atoms with E-state index >= 15 is 0 Å². The fraction of sp³-hybridized carbons (Fsp3) is 0.176. The first kappa shape index (κ1) is 19.2. The van der Waals surface area contributed by atoms with Crippen molar-refractivity contribution in [2.24, 2.45) is 0 Å². The van der Waals surface area contributed by atoms with Crippen LogP contribution in [0, 0.1) is 10.1 Å². The van der Waals surface area contributed by atoms with Crippen molar-refractivity contribution in [2.45, 2.75) is 6.54 Å². The second-order valence-electron chi connectivity index (χ2n) is 5.10. The van der Waals surface area contributed by atoms with Gasteiger partial charge in [-0.1, -0.05) is 23.7 Å². The summed E-state index contributed by atoms with van der Waals surface area (Å²) in [6.07, 6.45) is 0. The quantitative estimate of drug-likeness (QED) is 0.429. The van der Waals surface area contributed by atoms with Crippen molar-refractivity contribution < 1.29 is 24.0 Å². The smallest absolute Gasteiger partial charge is 0.344 e. The molecule has 0 aromatic heterocycles. The van der Waals surface area contributed by atoms with E-state index in [1.807, 2.05) is 0 Å². The maximum absolute atomic E-state index is 11.6. The number of rotatable bonds is 8. The van der Waals surface area contributed by atoms with Gasteiger partial charge in [0.05, 0.1) is 4.92 Å². The van der Waals surface area contributed by atoms with Crippen molar-refractivity contribution in [3.8, 4) is 5.75 Å².